The molecule has 1 unspecified atom stereocenters. The molecule has 0 spiro atoms. The molecule has 19 heavy (non-hydrogen) atoms. The maximum absolute atomic E-state index is 12.3. The lowest BCUT2D eigenvalue weighted by Crippen LogP contribution is -2.32. The smallest absolute Gasteiger partial charge is 0.176 e. The second-order valence-corrected chi connectivity index (χ2v) is 6.01. The molecule has 0 aliphatic heterocycles. The Balaban J connectivity index is 1.92. The number of ketones is 1. The van der Waals surface area contributed by atoms with E-state index in [9.17, 15) is 4.79 Å². The van der Waals surface area contributed by atoms with E-state index in [4.69, 9.17) is 16.3 Å². The zero-order valence-corrected chi connectivity index (χ0v) is 12.3. The van der Waals surface area contributed by atoms with E-state index in [1.807, 2.05) is 19.1 Å². The molecule has 1 saturated carbocycles. The van der Waals surface area contributed by atoms with Gasteiger partial charge in [0.05, 0.1) is 0 Å². The molecular formula is C16H21ClO2. The number of halogens is 1. The molecule has 0 saturated heterocycles. The van der Waals surface area contributed by atoms with Gasteiger partial charge in [-0.2, -0.15) is 0 Å². The van der Waals surface area contributed by atoms with Crippen molar-refractivity contribution in [3.63, 3.8) is 0 Å². The highest BCUT2D eigenvalue weighted by Crippen LogP contribution is 2.30. The third-order valence-corrected chi connectivity index (χ3v) is 4.16. The van der Waals surface area contributed by atoms with Gasteiger partial charge in [-0.3, -0.25) is 4.79 Å². The summed E-state index contributed by atoms with van der Waals surface area (Å²) in [6.45, 7) is 4.09. The Morgan fingerprint density at radius 2 is 2.00 bits per heavy atom. The zero-order valence-electron chi connectivity index (χ0n) is 11.6. The number of carbonyl (C=O) groups excluding carboxylic acids is 1. The SMILES string of the molecule is CC1CCC(C(=O)C(C)Oc2cccc(Cl)c2)CC1. The van der Waals surface area contributed by atoms with Gasteiger partial charge in [0.1, 0.15) is 5.75 Å². The molecule has 0 heterocycles. The molecule has 1 aliphatic carbocycles. The van der Waals surface area contributed by atoms with Gasteiger partial charge in [0.25, 0.3) is 0 Å². The lowest BCUT2D eigenvalue weighted by atomic mass is 9.80. The van der Waals surface area contributed by atoms with Crippen LogP contribution < -0.4 is 4.74 Å². The van der Waals surface area contributed by atoms with Crippen molar-refractivity contribution in [2.75, 3.05) is 0 Å². The lowest BCUT2D eigenvalue weighted by Gasteiger charge is -2.27. The third-order valence-electron chi connectivity index (χ3n) is 3.93. The average molecular weight is 281 g/mol. The van der Waals surface area contributed by atoms with Crippen LogP contribution in [0, 0.1) is 11.8 Å². The van der Waals surface area contributed by atoms with Crippen LogP contribution in [0.15, 0.2) is 24.3 Å². The average Bonchev–Trinajstić information content (AvgIpc) is 2.39. The lowest BCUT2D eigenvalue weighted by molar-refractivity contribution is -0.130. The van der Waals surface area contributed by atoms with Gasteiger partial charge in [-0.05, 0) is 43.9 Å². The largest absolute Gasteiger partial charge is 0.483 e. The van der Waals surface area contributed by atoms with Crippen LogP contribution in [0.25, 0.3) is 0 Å². The van der Waals surface area contributed by atoms with Gasteiger partial charge in [-0.1, -0.05) is 37.4 Å². The van der Waals surface area contributed by atoms with Gasteiger partial charge in [-0.25, -0.2) is 0 Å². The number of hydrogen-bond acceptors (Lipinski definition) is 2. The van der Waals surface area contributed by atoms with Gasteiger partial charge in [-0.15, -0.1) is 0 Å². The van der Waals surface area contributed by atoms with Gasteiger partial charge in [0.15, 0.2) is 11.9 Å². The number of hydrogen-bond donors (Lipinski definition) is 0. The van der Waals surface area contributed by atoms with Crippen molar-refractivity contribution in [3.8, 4) is 5.75 Å². The Labute approximate surface area is 120 Å². The summed E-state index contributed by atoms with van der Waals surface area (Å²) < 4.78 is 5.70. The summed E-state index contributed by atoms with van der Waals surface area (Å²) in [5.41, 5.74) is 0. The molecule has 1 aromatic rings. The molecule has 2 nitrogen and oxygen atoms in total. The highest BCUT2D eigenvalue weighted by Gasteiger charge is 2.28. The molecule has 1 aromatic carbocycles. The van der Waals surface area contributed by atoms with Crippen LogP contribution in [0.1, 0.15) is 39.5 Å². The van der Waals surface area contributed by atoms with E-state index in [0.29, 0.717) is 10.8 Å². The van der Waals surface area contributed by atoms with Gasteiger partial charge >= 0.3 is 0 Å². The summed E-state index contributed by atoms with van der Waals surface area (Å²) >= 11 is 5.91. The zero-order chi connectivity index (χ0) is 13.8. The van der Waals surface area contributed by atoms with Crippen molar-refractivity contribution in [3.05, 3.63) is 29.3 Å². The van der Waals surface area contributed by atoms with E-state index in [1.54, 1.807) is 12.1 Å². The van der Waals surface area contributed by atoms with E-state index >= 15 is 0 Å². The topological polar surface area (TPSA) is 26.3 Å². The van der Waals surface area contributed by atoms with Crippen molar-refractivity contribution in [2.45, 2.75) is 45.6 Å². The predicted molar refractivity (Wildman–Crippen MR) is 77.7 cm³/mol. The van der Waals surface area contributed by atoms with E-state index < -0.39 is 6.10 Å². The predicted octanol–water partition coefficient (Wildman–Crippen LogP) is 4.50. The Morgan fingerprint density at radius 3 is 2.63 bits per heavy atom. The van der Waals surface area contributed by atoms with Crippen molar-refractivity contribution in [2.24, 2.45) is 11.8 Å². The standard InChI is InChI=1S/C16H21ClO2/c1-11-6-8-13(9-7-11)16(18)12(2)19-15-5-3-4-14(17)10-15/h3-5,10-13H,6-9H2,1-2H3. The Bertz CT molecular complexity index is 436. The summed E-state index contributed by atoms with van der Waals surface area (Å²) in [6, 6.07) is 7.20. The van der Waals surface area contributed by atoms with Crippen LogP contribution in [0.4, 0.5) is 0 Å². The monoisotopic (exact) mass is 280 g/mol. The molecule has 104 valence electrons. The van der Waals surface area contributed by atoms with Crippen molar-refractivity contribution < 1.29 is 9.53 Å². The summed E-state index contributed by atoms with van der Waals surface area (Å²) in [5, 5.41) is 0.628. The van der Waals surface area contributed by atoms with Crippen LogP contribution in [0.2, 0.25) is 5.02 Å². The van der Waals surface area contributed by atoms with E-state index in [-0.39, 0.29) is 11.7 Å². The van der Waals surface area contributed by atoms with Crippen molar-refractivity contribution >= 4 is 17.4 Å². The van der Waals surface area contributed by atoms with Crippen LogP contribution in [-0.4, -0.2) is 11.9 Å². The molecule has 0 N–H and O–H groups in total. The van der Waals surface area contributed by atoms with E-state index in [0.717, 1.165) is 31.6 Å². The van der Waals surface area contributed by atoms with Crippen LogP contribution in [0.5, 0.6) is 5.75 Å². The van der Waals surface area contributed by atoms with Gasteiger partial charge in [0, 0.05) is 10.9 Å². The second kappa shape index (κ2) is 6.42. The summed E-state index contributed by atoms with van der Waals surface area (Å²) in [5.74, 6) is 1.82. The Kier molecular flexibility index (Phi) is 4.87. The minimum atomic E-state index is -0.392. The van der Waals surface area contributed by atoms with Crippen molar-refractivity contribution in [1.82, 2.24) is 0 Å². The fourth-order valence-corrected chi connectivity index (χ4v) is 2.86. The first-order chi connectivity index (χ1) is 9.06. The summed E-state index contributed by atoms with van der Waals surface area (Å²) in [6.07, 6.45) is 3.92. The third kappa shape index (κ3) is 3.97. The first kappa shape index (κ1) is 14.4. The number of carbonyl (C=O) groups is 1. The molecular weight excluding hydrogens is 260 g/mol. The van der Waals surface area contributed by atoms with Crippen LogP contribution in [0.3, 0.4) is 0 Å². The van der Waals surface area contributed by atoms with Crippen LogP contribution in [-0.2, 0) is 4.79 Å². The summed E-state index contributed by atoms with van der Waals surface area (Å²) in [7, 11) is 0. The first-order valence-electron chi connectivity index (χ1n) is 7.02. The maximum atomic E-state index is 12.3. The molecule has 1 atom stereocenters. The molecule has 2 rings (SSSR count). The molecule has 1 aliphatic rings. The van der Waals surface area contributed by atoms with Crippen LogP contribution >= 0.6 is 11.6 Å². The molecule has 0 radical (unpaired) electrons. The summed E-state index contributed by atoms with van der Waals surface area (Å²) in [4.78, 5) is 12.3. The number of ether oxygens (including phenoxy) is 1. The molecule has 3 heteroatoms. The van der Waals surface area contributed by atoms with Gasteiger partial charge < -0.3 is 4.74 Å². The first-order valence-corrected chi connectivity index (χ1v) is 7.40. The molecule has 0 bridgehead atoms. The minimum Gasteiger partial charge on any atom is -0.483 e. The quantitative estimate of drug-likeness (QED) is 0.811. The fourth-order valence-electron chi connectivity index (χ4n) is 2.68. The van der Waals surface area contributed by atoms with E-state index in [2.05, 4.69) is 6.92 Å². The Hall–Kier alpha value is -1.02. The highest BCUT2D eigenvalue weighted by molar-refractivity contribution is 6.30. The number of rotatable bonds is 4. The minimum absolute atomic E-state index is 0.172. The van der Waals surface area contributed by atoms with Crippen molar-refractivity contribution in [1.29, 1.82) is 0 Å². The Morgan fingerprint density at radius 1 is 1.32 bits per heavy atom. The highest BCUT2D eigenvalue weighted by atomic mass is 35.5. The molecule has 1 fully saturated rings. The molecule has 0 amide bonds. The number of Topliss-reactive ketones (excluding diaryl/α,β-unsaturated/α-hetero) is 1. The van der Waals surface area contributed by atoms with E-state index in [1.165, 1.54) is 0 Å². The molecule has 0 aromatic heterocycles. The van der Waals surface area contributed by atoms with Gasteiger partial charge in [0.2, 0.25) is 0 Å². The number of benzene rings is 1. The fraction of sp³-hybridized carbons (Fsp3) is 0.562. The second-order valence-electron chi connectivity index (χ2n) is 5.58. The normalized spacial score (nSPS) is 24.8. The maximum Gasteiger partial charge on any atom is 0.176 e.